The molecule has 0 aliphatic rings. The standard InChI is InChI=1S/C18H19NO3/c1-12(20)15-4-3-5-16(11-15)14-8-6-13(7-9-14)10-17(19)18(21)22-2/h3-9,11,17H,10,19H2,1-2H3/t17-/m1/s1. The largest absolute Gasteiger partial charge is 0.468 e. The van der Waals surface area contributed by atoms with E-state index in [1.165, 1.54) is 7.11 Å². The molecule has 0 spiro atoms. The summed E-state index contributed by atoms with van der Waals surface area (Å²) in [5, 5.41) is 0. The van der Waals surface area contributed by atoms with E-state index in [-0.39, 0.29) is 5.78 Å². The van der Waals surface area contributed by atoms with Crippen molar-refractivity contribution in [2.24, 2.45) is 5.73 Å². The van der Waals surface area contributed by atoms with Gasteiger partial charge in [0, 0.05) is 5.56 Å². The van der Waals surface area contributed by atoms with Gasteiger partial charge in [-0.3, -0.25) is 9.59 Å². The quantitative estimate of drug-likeness (QED) is 0.680. The molecule has 0 saturated carbocycles. The minimum absolute atomic E-state index is 0.0440. The fraction of sp³-hybridized carbons (Fsp3) is 0.222. The summed E-state index contributed by atoms with van der Waals surface area (Å²) in [6.45, 7) is 1.55. The monoisotopic (exact) mass is 297 g/mol. The van der Waals surface area contributed by atoms with Gasteiger partial charge >= 0.3 is 5.97 Å². The Hall–Kier alpha value is -2.46. The van der Waals surface area contributed by atoms with Crippen LogP contribution in [0.3, 0.4) is 0 Å². The molecule has 0 aliphatic carbocycles. The lowest BCUT2D eigenvalue weighted by atomic mass is 9.99. The summed E-state index contributed by atoms with van der Waals surface area (Å²) >= 11 is 0. The summed E-state index contributed by atoms with van der Waals surface area (Å²) in [6.07, 6.45) is 0.431. The van der Waals surface area contributed by atoms with Gasteiger partial charge in [-0.25, -0.2) is 0 Å². The smallest absolute Gasteiger partial charge is 0.322 e. The van der Waals surface area contributed by atoms with Gasteiger partial charge in [-0.15, -0.1) is 0 Å². The van der Waals surface area contributed by atoms with E-state index in [1.807, 2.05) is 42.5 Å². The van der Waals surface area contributed by atoms with Crippen LogP contribution in [0.2, 0.25) is 0 Å². The molecule has 2 aromatic rings. The maximum atomic E-state index is 11.4. The zero-order valence-corrected chi connectivity index (χ0v) is 12.7. The van der Waals surface area contributed by atoms with E-state index in [1.54, 1.807) is 13.0 Å². The number of hydrogen-bond donors (Lipinski definition) is 1. The lowest BCUT2D eigenvalue weighted by molar-refractivity contribution is -0.142. The number of carbonyl (C=O) groups excluding carboxylic acids is 2. The molecule has 22 heavy (non-hydrogen) atoms. The van der Waals surface area contributed by atoms with E-state index < -0.39 is 12.0 Å². The van der Waals surface area contributed by atoms with Gasteiger partial charge in [0.05, 0.1) is 7.11 Å². The van der Waals surface area contributed by atoms with E-state index >= 15 is 0 Å². The first-order valence-electron chi connectivity index (χ1n) is 7.05. The number of Topliss-reactive ketones (excluding diaryl/α,β-unsaturated/α-hetero) is 1. The molecular weight excluding hydrogens is 278 g/mol. The molecule has 0 radical (unpaired) electrons. The molecule has 0 bridgehead atoms. The second-order valence-electron chi connectivity index (χ2n) is 5.17. The van der Waals surface area contributed by atoms with Crippen LogP contribution < -0.4 is 5.73 Å². The van der Waals surface area contributed by atoms with Crippen LogP contribution in [-0.4, -0.2) is 24.9 Å². The topological polar surface area (TPSA) is 69.4 Å². The van der Waals surface area contributed by atoms with Crippen molar-refractivity contribution in [1.82, 2.24) is 0 Å². The molecule has 2 rings (SSSR count). The minimum atomic E-state index is -0.656. The molecule has 2 N–H and O–H groups in total. The van der Waals surface area contributed by atoms with Crippen molar-refractivity contribution in [3.63, 3.8) is 0 Å². The highest BCUT2D eigenvalue weighted by molar-refractivity contribution is 5.95. The van der Waals surface area contributed by atoms with Crippen molar-refractivity contribution < 1.29 is 14.3 Å². The molecule has 0 aliphatic heterocycles. The Morgan fingerprint density at radius 3 is 2.36 bits per heavy atom. The summed E-state index contributed by atoms with van der Waals surface area (Å²) in [5.41, 5.74) is 9.40. The molecule has 114 valence electrons. The molecule has 2 aromatic carbocycles. The minimum Gasteiger partial charge on any atom is -0.468 e. The van der Waals surface area contributed by atoms with E-state index in [0.29, 0.717) is 12.0 Å². The number of carbonyl (C=O) groups is 2. The third-order valence-corrected chi connectivity index (χ3v) is 3.52. The van der Waals surface area contributed by atoms with Gasteiger partial charge in [0.1, 0.15) is 6.04 Å². The van der Waals surface area contributed by atoms with Crippen LogP contribution in [0.25, 0.3) is 11.1 Å². The zero-order chi connectivity index (χ0) is 16.1. The second kappa shape index (κ2) is 7.00. The van der Waals surface area contributed by atoms with Gasteiger partial charge in [-0.1, -0.05) is 42.5 Å². The van der Waals surface area contributed by atoms with E-state index in [0.717, 1.165) is 16.7 Å². The lowest BCUT2D eigenvalue weighted by Gasteiger charge is -2.10. The number of hydrogen-bond acceptors (Lipinski definition) is 4. The predicted octanol–water partition coefficient (Wildman–Crippen LogP) is 2.60. The van der Waals surface area contributed by atoms with Gasteiger partial charge in [0.2, 0.25) is 0 Å². The lowest BCUT2D eigenvalue weighted by Crippen LogP contribution is -2.33. The van der Waals surface area contributed by atoms with Crippen molar-refractivity contribution >= 4 is 11.8 Å². The van der Waals surface area contributed by atoms with E-state index in [4.69, 9.17) is 5.73 Å². The van der Waals surface area contributed by atoms with Gasteiger partial charge in [0.15, 0.2) is 5.78 Å². The van der Waals surface area contributed by atoms with E-state index in [2.05, 4.69) is 4.74 Å². The van der Waals surface area contributed by atoms with Gasteiger partial charge < -0.3 is 10.5 Å². The molecular formula is C18H19NO3. The number of ketones is 1. The molecule has 0 amide bonds. The fourth-order valence-corrected chi connectivity index (χ4v) is 2.24. The van der Waals surface area contributed by atoms with Crippen LogP contribution >= 0.6 is 0 Å². The maximum absolute atomic E-state index is 11.4. The molecule has 0 heterocycles. The summed E-state index contributed by atoms with van der Waals surface area (Å²) < 4.78 is 4.62. The van der Waals surface area contributed by atoms with Crippen molar-refractivity contribution in [3.05, 3.63) is 59.7 Å². The number of rotatable bonds is 5. The highest BCUT2D eigenvalue weighted by atomic mass is 16.5. The Labute approximate surface area is 129 Å². The molecule has 1 atom stereocenters. The Balaban J connectivity index is 2.17. The normalized spacial score (nSPS) is 11.8. The Kier molecular flexibility index (Phi) is 5.07. The number of esters is 1. The van der Waals surface area contributed by atoms with Crippen LogP contribution in [-0.2, 0) is 16.0 Å². The SMILES string of the molecule is COC(=O)[C@H](N)Cc1ccc(-c2cccc(C(C)=O)c2)cc1. The van der Waals surface area contributed by atoms with Crippen molar-refractivity contribution in [3.8, 4) is 11.1 Å². The molecule has 4 heteroatoms. The van der Waals surface area contributed by atoms with Gasteiger partial charge in [0.25, 0.3) is 0 Å². The number of nitrogens with two attached hydrogens (primary N) is 1. The molecule has 4 nitrogen and oxygen atoms in total. The molecule has 0 unspecified atom stereocenters. The second-order valence-corrected chi connectivity index (χ2v) is 5.17. The average molecular weight is 297 g/mol. The summed E-state index contributed by atoms with van der Waals surface area (Å²) in [5.74, 6) is -0.374. The van der Waals surface area contributed by atoms with Crippen LogP contribution in [0.1, 0.15) is 22.8 Å². The third-order valence-electron chi connectivity index (χ3n) is 3.52. The van der Waals surface area contributed by atoms with Gasteiger partial charge in [-0.05, 0) is 36.1 Å². The number of ether oxygens (including phenoxy) is 1. The summed E-state index contributed by atoms with van der Waals surface area (Å²) in [4.78, 5) is 22.8. The number of benzene rings is 2. The third kappa shape index (κ3) is 3.80. The van der Waals surface area contributed by atoms with Crippen molar-refractivity contribution in [2.75, 3.05) is 7.11 Å². The highest BCUT2D eigenvalue weighted by Gasteiger charge is 2.14. The zero-order valence-electron chi connectivity index (χ0n) is 12.7. The first kappa shape index (κ1) is 15.9. The first-order valence-corrected chi connectivity index (χ1v) is 7.05. The van der Waals surface area contributed by atoms with E-state index in [9.17, 15) is 9.59 Å². The summed E-state index contributed by atoms with van der Waals surface area (Å²) in [6, 6.07) is 14.6. The fourth-order valence-electron chi connectivity index (χ4n) is 2.24. The van der Waals surface area contributed by atoms with Crippen LogP contribution in [0.15, 0.2) is 48.5 Å². The van der Waals surface area contributed by atoms with Crippen LogP contribution in [0.4, 0.5) is 0 Å². The van der Waals surface area contributed by atoms with Crippen LogP contribution in [0, 0.1) is 0 Å². The molecule has 0 fully saturated rings. The number of methoxy groups -OCH3 is 1. The predicted molar refractivity (Wildman–Crippen MR) is 85.6 cm³/mol. The Morgan fingerprint density at radius 2 is 1.77 bits per heavy atom. The summed E-state index contributed by atoms with van der Waals surface area (Å²) in [7, 11) is 1.33. The molecule has 0 aromatic heterocycles. The van der Waals surface area contributed by atoms with Crippen molar-refractivity contribution in [2.45, 2.75) is 19.4 Å². The maximum Gasteiger partial charge on any atom is 0.322 e. The molecule has 0 saturated heterocycles. The first-order chi connectivity index (χ1) is 10.5. The Morgan fingerprint density at radius 1 is 1.09 bits per heavy atom. The van der Waals surface area contributed by atoms with Crippen molar-refractivity contribution in [1.29, 1.82) is 0 Å². The van der Waals surface area contributed by atoms with Gasteiger partial charge in [-0.2, -0.15) is 0 Å². The Bertz CT molecular complexity index is 677. The highest BCUT2D eigenvalue weighted by Crippen LogP contribution is 2.21. The van der Waals surface area contributed by atoms with Crippen LogP contribution in [0.5, 0.6) is 0 Å². The average Bonchev–Trinajstić information content (AvgIpc) is 2.54.